The molecule has 1 aliphatic rings. The van der Waals surface area contributed by atoms with Crippen LogP contribution in [0.3, 0.4) is 0 Å². The third-order valence-corrected chi connectivity index (χ3v) is 4.85. The number of sulfonamides is 1. The molecule has 1 saturated heterocycles. The lowest BCUT2D eigenvalue weighted by molar-refractivity contribution is -0.137. The summed E-state index contributed by atoms with van der Waals surface area (Å²) >= 11 is 0. The van der Waals surface area contributed by atoms with Gasteiger partial charge in [0, 0.05) is 13.1 Å². The predicted octanol–water partition coefficient (Wildman–Crippen LogP) is 0.432. The molecule has 0 radical (unpaired) electrons. The normalized spacial score (nSPS) is 25.1. The van der Waals surface area contributed by atoms with Crippen LogP contribution in [0.5, 0.6) is 0 Å². The maximum atomic E-state index is 12.6. The number of rotatable bonds is 2. The molecule has 1 aliphatic heterocycles. The molecule has 0 spiro atoms. The van der Waals surface area contributed by atoms with Crippen molar-refractivity contribution in [3.05, 3.63) is 29.8 Å². The molecule has 1 fully saturated rings. The first-order valence-corrected chi connectivity index (χ1v) is 7.10. The Labute approximate surface area is 113 Å². The first kappa shape index (κ1) is 15.2. The Kier molecular flexibility index (Phi) is 3.80. The van der Waals surface area contributed by atoms with Crippen molar-refractivity contribution >= 4 is 10.0 Å². The van der Waals surface area contributed by atoms with Crippen LogP contribution in [0.1, 0.15) is 5.56 Å². The molecule has 2 rings (SSSR count). The van der Waals surface area contributed by atoms with Crippen molar-refractivity contribution in [2.45, 2.75) is 23.3 Å². The van der Waals surface area contributed by atoms with Crippen LogP contribution in [-0.2, 0) is 16.2 Å². The van der Waals surface area contributed by atoms with Gasteiger partial charge in [0.1, 0.15) is 0 Å². The smallest absolute Gasteiger partial charge is 0.389 e. The molecule has 2 unspecified atom stereocenters. The first-order valence-electron chi connectivity index (χ1n) is 5.66. The fourth-order valence-electron chi connectivity index (χ4n) is 1.91. The SMILES string of the molecule is O=S(=O)(c1cccc(C(F)(F)F)c1)N1CC(O)C(O)C1. The summed E-state index contributed by atoms with van der Waals surface area (Å²) in [5.74, 6) is 0. The number of halogens is 3. The summed E-state index contributed by atoms with van der Waals surface area (Å²) in [4.78, 5) is -0.520. The van der Waals surface area contributed by atoms with Crippen molar-refractivity contribution < 1.29 is 31.8 Å². The van der Waals surface area contributed by atoms with Crippen LogP contribution >= 0.6 is 0 Å². The second-order valence-electron chi connectivity index (χ2n) is 4.48. The average molecular weight is 311 g/mol. The van der Waals surface area contributed by atoms with Crippen LogP contribution in [0, 0.1) is 0 Å². The van der Waals surface area contributed by atoms with Crippen LogP contribution in [0.4, 0.5) is 13.2 Å². The summed E-state index contributed by atoms with van der Waals surface area (Å²) in [5, 5.41) is 18.7. The van der Waals surface area contributed by atoms with Gasteiger partial charge in [0.25, 0.3) is 0 Å². The van der Waals surface area contributed by atoms with Crippen molar-refractivity contribution in [1.29, 1.82) is 0 Å². The zero-order valence-electron chi connectivity index (χ0n) is 10.1. The lowest BCUT2D eigenvalue weighted by atomic mass is 10.2. The zero-order valence-corrected chi connectivity index (χ0v) is 10.9. The molecule has 2 atom stereocenters. The highest BCUT2D eigenvalue weighted by atomic mass is 32.2. The van der Waals surface area contributed by atoms with Crippen LogP contribution in [0.25, 0.3) is 0 Å². The number of β-amino-alcohol motifs (C(OH)–C–C–N with tert-alkyl or cyclic N) is 2. The molecule has 0 aliphatic carbocycles. The summed E-state index contributed by atoms with van der Waals surface area (Å²) in [7, 11) is -4.17. The van der Waals surface area contributed by atoms with Crippen LogP contribution in [0.15, 0.2) is 29.2 Å². The molecule has 5 nitrogen and oxygen atoms in total. The fourth-order valence-corrected chi connectivity index (χ4v) is 3.44. The number of hydrogen-bond acceptors (Lipinski definition) is 4. The van der Waals surface area contributed by atoms with Crippen molar-refractivity contribution in [1.82, 2.24) is 4.31 Å². The Morgan fingerprint density at radius 2 is 1.70 bits per heavy atom. The van der Waals surface area contributed by atoms with E-state index in [0.717, 1.165) is 22.5 Å². The van der Waals surface area contributed by atoms with Gasteiger partial charge in [-0.05, 0) is 18.2 Å². The maximum Gasteiger partial charge on any atom is 0.416 e. The molecule has 112 valence electrons. The molecule has 1 aromatic carbocycles. The summed E-state index contributed by atoms with van der Waals surface area (Å²) in [6.07, 6.45) is -7.12. The second-order valence-corrected chi connectivity index (χ2v) is 6.42. The molecule has 2 N–H and O–H groups in total. The predicted molar refractivity (Wildman–Crippen MR) is 62.2 cm³/mol. The standard InChI is InChI=1S/C11H12F3NO4S/c12-11(13,14)7-2-1-3-8(4-7)20(18,19)15-5-9(16)10(17)6-15/h1-4,9-10,16-17H,5-6H2. The lowest BCUT2D eigenvalue weighted by Gasteiger charge is -2.16. The number of aliphatic hydroxyl groups is 2. The highest BCUT2D eigenvalue weighted by molar-refractivity contribution is 7.89. The van der Waals surface area contributed by atoms with Crippen LogP contribution < -0.4 is 0 Å². The summed E-state index contributed by atoms with van der Waals surface area (Å²) < 4.78 is 62.8. The summed E-state index contributed by atoms with van der Waals surface area (Å²) in [6.45, 7) is -0.695. The van der Waals surface area contributed by atoms with Gasteiger partial charge in [-0.3, -0.25) is 0 Å². The van der Waals surface area contributed by atoms with E-state index in [0.29, 0.717) is 6.07 Å². The van der Waals surface area contributed by atoms with E-state index in [1.807, 2.05) is 0 Å². The van der Waals surface area contributed by atoms with E-state index in [2.05, 4.69) is 0 Å². The minimum absolute atomic E-state index is 0.347. The Morgan fingerprint density at radius 1 is 1.15 bits per heavy atom. The number of aliphatic hydroxyl groups excluding tert-OH is 2. The lowest BCUT2D eigenvalue weighted by Crippen LogP contribution is -2.30. The Balaban J connectivity index is 2.36. The van der Waals surface area contributed by atoms with Gasteiger partial charge >= 0.3 is 6.18 Å². The fraction of sp³-hybridized carbons (Fsp3) is 0.455. The van der Waals surface area contributed by atoms with E-state index in [-0.39, 0.29) is 13.1 Å². The minimum atomic E-state index is -4.64. The van der Waals surface area contributed by atoms with Crippen LogP contribution in [0.2, 0.25) is 0 Å². The van der Waals surface area contributed by atoms with Crippen LogP contribution in [-0.4, -0.2) is 48.2 Å². The molecule has 9 heteroatoms. The quantitative estimate of drug-likeness (QED) is 0.830. The zero-order chi connectivity index (χ0) is 15.1. The van der Waals surface area contributed by atoms with Gasteiger partial charge in [-0.2, -0.15) is 17.5 Å². The molecule has 0 aromatic heterocycles. The minimum Gasteiger partial charge on any atom is -0.389 e. The molecule has 1 aromatic rings. The Morgan fingerprint density at radius 3 is 2.20 bits per heavy atom. The third kappa shape index (κ3) is 2.80. The highest BCUT2D eigenvalue weighted by Gasteiger charge is 2.38. The van der Waals surface area contributed by atoms with E-state index >= 15 is 0 Å². The molecule has 0 bridgehead atoms. The van der Waals surface area contributed by atoms with Crippen molar-refractivity contribution in [2.24, 2.45) is 0 Å². The molecular formula is C11H12F3NO4S. The van der Waals surface area contributed by atoms with Gasteiger partial charge in [-0.1, -0.05) is 6.07 Å². The average Bonchev–Trinajstić information content (AvgIpc) is 2.69. The monoisotopic (exact) mass is 311 g/mol. The van der Waals surface area contributed by atoms with Crippen molar-refractivity contribution in [3.8, 4) is 0 Å². The van der Waals surface area contributed by atoms with E-state index in [1.165, 1.54) is 0 Å². The molecular weight excluding hydrogens is 299 g/mol. The number of nitrogens with zero attached hydrogens (tertiary/aromatic N) is 1. The third-order valence-electron chi connectivity index (χ3n) is 3.02. The van der Waals surface area contributed by atoms with Crippen molar-refractivity contribution in [2.75, 3.05) is 13.1 Å². The molecule has 0 amide bonds. The molecule has 20 heavy (non-hydrogen) atoms. The van der Waals surface area contributed by atoms with Gasteiger partial charge in [0.2, 0.25) is 10.0 Å². The molecule has 1 heterocycles. The van der Waals surface area contributed by atoms with E-state index in [4.69, 9.17) is 0 Å². The van der Waals surface area contributed by atoms with Gasteiger partial charge in [0.05, 0.1) is 22.7 Å². The molecule has 0 saturated carbocycles. The summed E-state index contributed by atoms with van der Waals surface area (Å²) in [5.41, 5.74) is -1.07. The van der Waals surface area contributed by atoms with Gasteiger partial charge in [-0.25, -0.2) is 8.42 Å². The van der Waals surface area contributed by atoms with Gasteiger partial charge in [0.15, 0.2) is 0 Å². The highest BCUT2D eigenvalue weighted by Crippen LogP contribution is 2.31. The topological polar surface area (TPSA) is 77.8 Å². The van der Waals surface area contributed by atoms with Crippen molar-refractivity contribution in [3.63, 3.8) is 0 Å². The Bertz CT molecular complexity index is 592. The Hall–Kier alpha value is -1.16. The largest absolute Gasteiger partial charge is 0.416 e. The number of alkyl halides is 3. The maximum absolute atomic E-state index is 12.6. The van der Waals surface area contributed by atoms with E-state index in [1.54, 1.807) is 0 Å². The number of hydrogen-bond donors (Lipinski definition) is 2. The number of benzene rings is 1. The van der Waals surface area contributed by atoms with E-state index in [9.17, 15) is 31.8 Å². The second kappa shape index (κ2) is 4.99. The van der Waals surface area contributed by atoms with E-state index < -0.39 is 38.9 Å². The van der Waals surface area contributed by atoms with Gasteiger partial charge < -0.3 is 10.2 Å². The van der Waals surface area contributed by atoms with Gasteiger partial charge in [-0.15, -0.1) is 0 Å². The first-order chi connectivity index (χ1) is 9.12. The summed E-state index contributed by atoms with van der Waals surface area (Å²) in [6, 6.07) is 3.35.